The molecule has 0 aromatic rings. The molecule has 1 amide bonds. The maximum atomic E-state index is 11.2. The summed E-state index contributed by atoms with van der Waals surface area (Å²) in [5, 5.41) is 19.4. The van der Waals surface area contributed by atoms with Gasteiger partial charge < -0.3 is 15.5 Å². The van der Waals surface area contributed by atoms with Crippen LogP contribution < -0.4 is 5.32 Å². The molecule has 0 aliphatic heterocycles. The van der Waals surface area contributed by atoms with Gasteiger partial charge in [-0.05, 0) is 6.42 Å². The van der Waals surface area contributed by atoms with E-state index in [1.807, 2.05) is 0 Å². The van der Waals surface area contributed by atoms with Crippen LogP contribution >= 0.6 is 0 Å². The van der Waals surface area contributed by atoms with E-state index in [1.54, 1.807) is 13.8 Å². The minimum Gasteiger partial charge on any atom is -0.481 e. The van der Waals surface area contributed by atoms with Crippen molar-refractivity contribution >= 4 is 17.8 Å². The predicted molar refractivity (Wildman–Crippen MR) is 51.3 cm³/mol. The first-order valence-electron chi connectivity index (χ1n) is 4.59. The summed E-state index contributed by atoms with van der Waals surface area (Å²) in [6.45, 7) is 3.26. The number of carbonyl (C=O) groups is 3. The van der Waals surface area contributed by atoms with Crippen LogP contribution in [-0.4, -0.2) is 34.1 Å². The molecule has 0 unspecified atom stereocenters. The largest absolute Gasteiger partial charge is 0.481 e. The lowest BCUT2D eigenvalue weighted by molar-refractivity contribution is -0.143. The van der Waals surface area contributed by atoms with Gasteiger partial charge in [-0.3, -0.25) is 9.59 Å². The van der Waals surface area contributed by atoms with Gasteiger partial charge in [0.05, 0.1) is 0 Å². The number of rotatable bonds is 6. The Morgan fingerprint density at radius 2 is 1.73 bits per heavy atom. The smallest absolute Gasteiger partial charge is 0.326 e. The van der Waals surface area contributed by atoms with Crippen molar-refractivity contribution in [2.24, 2.45) is 5.92 Å². The first-order chi connectivity index (χ1) is 6.84. The van der Waals surface area contributed by atoms with Gasteiger partial charge in [0.1, 0.15) is 6.04 Å². The fourth-order valence-electron chi connectivity index (χ4n) is 0.864. The highest BCUT2D eigenvalue weighted by Crippen LogP contribution is 2.00. The third-order valence-electron chi connectivity index (χ3n) is 1.79. The molecule has 0 saturated carbocycles. The van der Waals surface area contributed by atoms with Gasteiger partial charge in [0.2, 0.25) is 5.91 Å². The molecule has 0 radical (unpaired) electrons. The van der Waals surface area contributed by atoms with Crippen LogP contribution in [0.2, 0.25) is 0 Å². The highest BCUT2D eigenvalue weighted by Gasteiger charge is 2.21. The number of aliphatic carboxylic acids is 2. The molecule has 0 aromatic heterocycles. The first-order valence-corrected chi connectivity index (χ1v) is 4.59. The lowest BCUT2D eigenvalue weighted by Gasteiger charge is -2.14. The van der Waals surface area contributed by atoms with Crippen LogP contribution in [0.15, 0.2) is 0 Å². The number of hydrogen-bond donors (Lipinski definition) is 3. The minimum atomic E-state index is -1.22. The van der Waals surface area contributed by atoms with Crippen LogP contribution in [0.5, 0.6) is 0 Å². The summed E-state index contributed by atoms with van der Waals surface area (Å²) in [5.41, 5.74) is 0. The van der Waals surface area contributed by atoms with E-state index in [4.69, 9.17) is 10.2 Å². The molecule has 0 bridgehead atoms. The molecule has 0 rings (SSSR count). The molecular formula is C9H15NO5. The lowest BCUT2D eigenvalue weighted by atomic mass is 10.1. The molecule has 6 nitrogen and oxygen atoms in total. The second-order valence-corrected chi connectivity index (χ2v) is 3.49. The fraction of sp³-hybridized carbons (Fsp3) is 0.667. The van der Waals surface area contributed by atoms with E-state index in [9.17, 15) is 14.4 Å². The Labute approximate surface area is 87.3 Å². The Hall–Kier alpha value is -1.59. The van der Waals surface area contributed by atoms with Crippen LogP contribution in [-0.2, 0) is 14.4 Å². The van der Waals surface area contributed by atoms with Crippen LogP contribution in [0.1, 0.15) is 26.7 Å². The number of amides is 1. The van der Waals surface area contributed by atoms with E-state index < -0.39 is 23.9 Å². The van der Waals surface area contributed by atoms with Crippen molar-refractivity contribution in [3.05, 3.63) is 0 Å². The molecular weight excluding hydrogens is 202 g/mol. The van der Waals surface area contributed by atoms with E-state index in [0.717, 1.165) is 0 Å². The molecule has 0 aliphatic rings. The molecule has 0 fully saturated rings. The highest BCUT2D eigenvalue weighted by molar-refractivity contribution is 5.84. The van der Waals surface area contributed by atoms with Crippen LogP contribution in [0.25, 0.3) is 0 Å². The van der Waals surface area contributed by atoms with Crippen molar-refractivity contribution in [3.8, 4) is 0 Å². The van der Waals surface area contributed by atoms with Gasteiger partial charge in [-0.25, -0.2) is 4.79 Å². The van der Waals surface area contributed by atoms with Gasteiger partial charge in [0.15, 0.2) is 0 Å². The zero-order valence-electron chi connectivity index (χ0n) is 8.69. The van der Waals surface area contributed by atoms with E-state index >= 15 is 0 Å². The Morgan fingerprint density at radius 1 is 1.20 bits per heavy atom. The zero-order valence-corrected chi connectivity index (χ0v) is 8.69. The molecule has 1 atom stereocenters. The second-order valence-electron chi connectivity index (χ2n) is 3.49. The van der Waals surface area contributed by atoms with Gasteiger partial charge in [-0.15, -0.1) is 0 Å². The molecule has 0 aromatic carbocycles. The molecule has 0 saturated heterocycles. The standard InChI is InChI=1S/C9H15NO5/c1-5(2)8(13)10-6(9(14)15)3-4-7(11)12/h5-6H,3-4H2,1-2H3,(H,10,13)(H,11,12)(H,14,15)/t6-/m0/s1. The number of carboxylic acid groups (broad SMARTS) is 2. The topological polar surface area (TPSA) is 104 Å². The van der Waals surface area contributed by atoms with Crippen molar-refractivity contribution in [2.45, 2.75) is 32.7 Å². The molecule has 0 heterocycles. The van der Waals surface area contributed by atoms with Gasteiger partial charge >= 0.3 is 11.9 Å². The number of nitrogens with one attached hydrogen (secondary N) is 1. The number of carbonyl (C=O) groups excluding carboxylic acids is 1. The van der Waals surface area contributed by atoms with Gasteiger partial charge in [0.25, 0.3) is 0 Å². The number of carboxylic acids is 2. The van der Waals surface area contributed by atoms with Gasteiger partial charge in [-0.1, -0.05) is 13.8 Å². The Bertz CT molecular complexity index is 261. The lowest BCUT2D eigenvalue weighted by Crippen LogP contribution is -2.42. The predicted octanol–water partition coefficient (Wildman–Crippen LogP) is 0.0766. The first kappa shape index (κ1) is 13.4. The third-order valence-corrected chi connectivity index (χ3v) is 1.79. The Morgan fingerprint density at radius 3 is 2.07 bits per heavy atom. The van der Waals surface area contributed by atoms with Crippen molar-refractivity contribution in [1.29, 1.82) is 0 Å². The van der Waals surface area contributed by atoms with E-state index in [0.29, 0.717) is 0 Å². The van der Waals surface area contributed by atoms with Crippen molar-refractivity contribution in [3.63, 3.8) is 0 Å². The van der Waals surface area contributed by atoms with Crippen molar-refractivity contribution in [2.75, 3.05) is 0 Å². The Balaban J connectivity index is 4.22. The summed E-state index contributed by atoms with van der Waals surface area (Å²) >= 11 is 0. The maximum Gasteiger partial charge on any atom is 0.326 e. The average Bonchev–Trinajstić information content (AvgIpc) is 2.10. The quantitative estimate of drug-likeness (QED) is 0.584. The normalized spacial score (nSPS) is 12.2. The van der Waals surface area contributed by atoms with Crippen LogP contribution in [0.4, 0.5) is 0 Å². The summed E-state index contributed by atoms with van der Waals surface area (Å²) in [5.74, 6) is -3.02. The third kappa shape index (κ3) is 5.66. The van der Waals surface area contributed by atoms with Gasteiger partial charge in [0, 0.05) is 12.3 Å². The van der Waals surface area contributed by atoms with Crippen molar-refractivity contribution < 1.29 is 24.6 Å². The second kappa shape index (κ2) is 6.00. The Kier molecular flexibility index (Phi) is 5.36. The van der Waals surface area contributed by atoms with E-state index in [1.165, 1.54) is 0 Å². The van der Waals surface area contributed by atoms with Crippen LogP contribution in [0.3, 0.4) is 0 Å². The SMILES string of the molecule is CC(C)C(=O)N[C@@H](CCC(=O)O)C(=O)O. The van der Waals surface area contributed by atoms with Gasteiger partial charge in [-0.2, -0.15) is 0 Å². The monoisotopic (exact) mass is 217 g/mol. The molecule has 3 N–H and O–H groups in total. The zero-order chi connectivity index (χ0) is 12.0. The maximum absolute atomic E-state index is 11.2. The van der Waals surface area contributed by atoms with Crippen LogP contribution in [0, 0.1) is 5.92 Å². The molecule has 0 spiro atoms. The van der Waals surface area contributed by atoms with Crippen molar-refractivity contribution in [1.82, 2.24) is 5.32 Å². The summed E-state index contributed by atoms with van der Waals surface area (Å²) in [6, 6.07) is -1.13. The minimum absolute atomic E-state index is 0.108. The molecule has 6 heteroatoms. The summed E-state index contributed by atoms with van der Waals surface area (Å²) in [4.78, 5) is 32.1. The molecule has 0 aliphatic carbocycles. The number of hydrogen-bond acceptors (Lipinski definition) is 3. The molecule has 86 valence electrons. The summed E-state index contributed by atoms with van der Waals surface area (Å²) in [7, 11) is 0. The average molecular weight is 217 g/mol. The van der Waals surface area contributed by atoms with E-state index in [-0.39, 0.29) is 18.8 Å². The summed E-state index contributed by atoms with van der Waals surface area (Å²) < 4.78 is 0. The fourth-order valence-corrected chi connectivity index (χ4v) is 0.864. The highest BCUT2D eigenvalue weighted by atomic mass is 16.4. The van der Waals surface area contributed by atoms with E-state index in [2.05, 4.69) is 5.32 Å². The summed E-state index contributed by atoms with van der Waals surface area (Å²) in [6.07, 6.45) is -0.390. The molecule has 15 heavy (non-hydrogen) atoms.